The Kier molecular flexibility index (Phi) is 5.02. The molecule has 1 aliphatic rings. The second kappa shape index (κ2) is 6.59. The summed E-state index contributed by atoms with van der Waals surface area (Å²) in [6.45, 7) is 4.31. The Labute approximate surface area is 126 Å². The Bertz CT molecular complexity index is 480. The number of benzene rings is 1. The van der Waals surface area contributed by atoms with E-state index >= 15 is 0 Å². The van der Waals surface area contributed by atoms with Crippen molar-refractivity contribution in [2.45, 2.75) is 57.8 Å². The highest BCUT2D eigenvalue weighted by Gasteiger charge is 2.47. The number of rotatable bonds is 5. The molecule has 3 unspecified atom stereocenters. The number of hydrogen-bond acceptors (Lipinski definition) is 1. The zero-order valence-electron chi connectivity index (χ0n) is 12.9. The molecule has 3 atom stereocenters. The van der Waals surface area contributed by atoms with E-state index in [2.05, 4.69) is 13.8 Å². The van der Waals surface area contributed by atoms with Crippen molar-refractivity contribution in [2.24, 2.45) is 11.8 Å². The van der Waals surface area contributed by atoms with Gasteiger partial charge in [0.15, 0.2) is 0 Å². The third-order valence-corrected chi connectivity index (χ3v) is 5.26. The normalized spacial score (nSPS) is 29.3. The van der Waals surface area contributed by atoms with Gasteiger partial charge in [-0.25, -0.2) is 4.39 Å². The first-order valence-corrected chi connectivity index (χ1v) is 7.98. The maximum Gasteiger partial charge on any atom is 0.304 e. The van der Waals surface area contributed by atoms with E-state index in [1.54, 1.807) is 12.1 Å². The molecule has 0 saturated heterocycles. The molecule has 1 N–H and O–H groups in total. The van der Waals surface area contributed by atoms with E-state index < -0.39 is 5.97 Å². The van der Waals surface area contributed by atoms with Crippen LogP contribution in [0.1, 0.15) is 57.9 Å². The third-order valence-electron chi connectivity index (χ3n) is 5.26. The van der Waals surface area contributed by atoms with Crippen LogP contribution in [0.5, 0.6) is 0 Å². The predicted octanol–water partition coefficient (Wildman–Crippen LogP) is 4.77. The van der Waals surface area contributed by atoms with Gasteiger partial charge < -0.3 is 5.11 Å². The van der Waals surface area contributed by atoms with Crippen LogP contribution in [-0.4, -0.2) is 11.1 Å². The summed E-state index contributed by atoms with van der Waals surface area (Å²) >= 11 is 0. The fourth-order valence-corrected chi connectivity index (χ4v) is 4.29. The smallest absolute Gasteiger partial charge is 0.304 e. The van der Waals surface area contributed by atoms with Crippen molar-refractivity contribution in [1.82, 2.24) is 0 Å². The first-order valence-electron chi connectivity index (χ1n) is 7.98. The maximum absolute atomic E-state index is 13.3. The molecule has 2 nitrogen and oxygen atoms in total. The van der Waals surface area contributed by atoms with Gasteiger partial charge in [-0.1, -0.05) is 38.8 Å². The largest absolute Gasteiger partial charge is 0.481 e. The predicted molar refractivity (Wildman–Crippen MR) is 81.7 cm³/mol. The number of hydrogen-bond donors (Lipinski definition) is 1. The standard InChI is InChI=1S/C18H25FO2/c1-3-5-14-7-4-6-13(2)18(14,12-17(20)21)15-8-10-16(19)11-9-15/h8-11,13-14H,3-7,12H2,1-2H3,(H,20,21). The molecular weight excluding hydrogens is 267 g/mol. The van der Waals surface area contributed by atoms with Gasteiger partial charge in [0.05, 0.1) is 6.42 Å². The fraction of sp³-hybridized carbons (Fsp3) is 0.611. The summed E-state index contributed by atoms with van der Waals surface area (Å²) < 4.78 is 13.3. The molecule has 1 aliphatic carbocycles. The van der Waals surface area contributed by atoms with Gasteiger partial charge in [-0.2, -0.15) is 0 Å². The average Bonchev–Trinajstić information content (AvgIpc) is 2.43. The van der Waals surface area contributed by atoms with E-state index in [0.717, 1.165) is 37.7 Å². The Morgan fingerprint density at radius 2 is 2.00 bits per heavy atom. The third kappa shape index (κ3) is 3.12. The number of carbonyl (C=O) groups is 1. The van der Waals surface area contributed by atoms with Crippen molar-refractivity contribution < 1.29 is 14.3 Å². The minimum atomic E-state index is -0.755. The van der Waals surface area contributed by atoms with E-state index in [4.69, 9.17) is 0 Å². The Balaban J connectivity index is 2.50. The molecule has 1 aromatic rings. The van der Waals surface area contributed by atoms with Crippen LogP contribution in [0.2, 0.25) is 0 Å². The minimum absolute atomic E-state index is 0.143. The maximum atomic E-state index is 13.3. The number of halogens is 1. The summed E-state index contributed by atoms with van der Waals surface area (Å²) in [4.78, 5) is 11.5. The van der Waals surface area contributed by atoms with E-state index in [9.17, 15) is 14.3 Å². The van der Waals surface area contributed by atoms with Gasteiger partial charge in [0.25, 0.3) is 0 Å². The quantitative estimate of drug-likeness (QED) is 0.848. The second-order valence-corrected chi connectivity index (χ2v) is 6.44. The molecular formula is C18H25FO2. The summed E-state index contributed by atoms with van der Waals surface area (Å²) in [6.07, 6.45) is 5.52. The lowest BCUT2D eigenvalue weighted by atomic mass is 9.55. The SMILES string of the molecule is CCCC1CCCC(C)C1(CC(=O)O)c1ccc(F)cc1. The summed E-state index contributed by atoms with van der Waals surface area (Å²) in [6, 6.07) is 6.51. The molecule has 2 rings (SSSR count). The first kappa shape index (κ1) is 16.0. The van der Waals surface area contributed by atoms with Crippen LogP contribution in [0.4, 0.5) is 4.39 Å². The van der Waals surface area contributed by atoms with E-state index in [0.29, 0.717) is 11.8 Å². The van der Waals surface area contributed by atoms with Crippen LogP contribution in [-0.2, 0) is 10.2 Å². The van der Waals surface area contributed by atoms with Crippen molar-refractivity contribution in [3.63, 3.8) is 0 Å². The number of carboxylic acid groups (broad SMARTS) is 1. The minimum Gasteiger partial charge on any atom is -0.481 e. The van der Waals surface area contributed by atoms with Gasteiger partial charge in [-0.3, -0.25) is 4.79 Å². The first-order chi connectivity index (χ1) is 10.0. The molecule has 21 heavy (non-hydrogen) atoms. The zero-order valence-corrected chi connectivity index (χ0v) is 12.9. The Hall–Kier alpha value is -1.38. The molecule has 0 radical (unpaired) electrons. The second-order valence-electron chi connectivity index (χ2n) is 6.44. The van der Waals surface area contributed by atoms with Gasteiger partial charge in [0.1, 0.15) is 5.82 Å². The molecule has 1 fully saturated rings. The van der Waals surface area contributed by atoms with Crippen molar-refractivity contribution in [3.05, 3.63) is 35.6 Å². The van der Waals surface area contributed by atoms with Gasteiger partial charge >= 0.3 is 5.97 Å². The van der Waals surface area contributed by atoms with Crippen LogP contribution in [0, 0.1) is 17.7 Å². The highest BCUT2D eigenvalue weighted by Crippen LogP contribution is 2.51. The van der Waals surface area contributed by atoms with Gasteiger partial charge in [0.2, 0.25) is 0 Å². The molecule has 0 bridgehead atoms. The molecule has 0 aliphatic heterocycles. The van der Waals surface area contributed by atoms with E-state index in [-0.39, 0.29) is 17.7 Å². The molecule has 0 heterocycles. The van der Waals surface area contributed by atoms with Gasteiger partial charge in [-0.05, 0) is 48.8 Å². The van der Waals surface area contributed by atoms with E-state index in [1.807, 2.05) is 0 Å². The fourth-order valence-electron chi connectivity index (χ4n) is 4.29. The van der Waals surface area contributed by atoms with Gasteiger partial charge in [-0.15, -0.1) is 0 Å². The lowest BCUT2D eigenvalue weighted by molar-refractivity contribution is -0.140. The number of carboxylic acids is 1. The summed E-state index contributed by atoms with van der Waals surface area (Å²) in [5.74, 6) is -0.342. The van der Waals surface area contributed by atoms with Crippen molar-refractivity contribution in [3.8, 4) is 0 Å². The van der Waals surface area contributed by atoms with E-state index in [1.165, 1.54) is 12.1 Å². The number of aliphatic carboxylic acids is 1. The van der Waals surface area contributed by atoms with Crippen molar-refractivity contribution in [1.29, 1.82) is 0 Å². The molecule has 0 spiro atoms. The van der Waals surface area contributed by atoms with Crippen LogP contribution in [0.25, 0.3) is 0 Å². The molecule has 0 aromatic heterocycles. The molecule has 0 amide bonds. The lowest BCUT2D eigenvalue weighted by Crippen LogP contribution is -2.46. The highest BCUT2D eigenvalue weighted by atomic mass is 19.1. The zero-order chi connectivity index (χ0) is 15.5. The molecule has 3 heteroatoms. The Morgan fingerprint density at radius 1 is 1.33 bits per heavy atom. The molecule has 1 saturated carbocycles. The molecule has 1 aromatic carbocycles. The summed E-state index contributed by atoms with van der Waals surface area (Å²) in [7, 11) is 0. The van der Waals surface area contributed by atoms with Crippen LogP contribution in [0.15, 0.2) is 24.3 Å². The van der Waals surface area contributed by atoms with Gasteiger partial charge in [0, 0.05) is 5.41 Å². The monoisotopic (exact) mass is 292 g/mol. The topological polar surface area (TPSA) is 37.3 Å². The van der Waals surface area contributed by atoms with Crippen molar-refractivity contribution >= 4 is 5.97 Å². The highest BCUT2D eigenvalue weighted by molar-refractivity contribution is 5.69. The Morgan fingerprint density at radius 3 is 2.57 bits per heavy atom. The van der Waals surface area contributed by atoms with Crippen molar-refractivity contribution in [2.75, 3.05) is 0 Å². The van der Waals surface area contributed by atoms with Crippen LogP contribution in [0.3, 0.4) is 0 Å². The van der Waals surface area contributed by atoms with Crippen LogP contribution >= 0.6 is 0 Å². The lowest BCUT2D eigenvalue weighted by Gasteiger charge is -2.49. The average molecular weight is 292 g/mol. The summed E-state index contributed by atoms with van der Waals surface area (Å²) in [5.41, 5.74) is 0.644. The summed E-state index contributed by atoms with van der Waals surface area (Å²) in [5, 5.41) is 9.48. The molecule has 116 valence electrons. The van der Waals surface area contributed by atoms with Crippen LogP contribution < -0.4 is 0 Å².